The van der Waals surface area contributed by atoms with Crippen molar-refractivity contribution in [1.29, 1.82) is 0 Å². The maximum Gasteiger partial charge on any atom is 0.330 e. The SMILES string of the molecule is C=C1C2=CC[C@@H](c3ccoc3)[C@]2(C)[C@@H](OC(C)=O)C[C@@H]1[C@@]1(C)C=CC(=O)OC(C)(C)[C@@H]1CC(=O)OC. The van der Waals surface area contributed by atoms with Crippen LogP contribution in [0.25, 0.3) is 0 Å². The number of carbonyl (C=O) groups is 3. The van der Waals surface area contributed by atoms with Gasteiger partial charge in [-0.3, -0.25) is 9.59 Å². The number of methoxy groups -OCH3 is 1. The molecule has 194 valence electrons. The molecule has 0 radical (unpaired) electrons. The molecule has 7 heteroatoms. The molecule has 2 aliphatic carbocycles. The van der Waals surface area contributed by atoms with Crippen molar-refractivity contribution in [2.75, 3.05) is 7.11 Å². The van der Waals surface area contributed by atoms with Gasteiger partial charge in [-0.2, -0.15) is 0 Å². The molecule has 1 aliphatic heterocycles. The monoisotopic (exact) mass is 496 g/mol. The van der Waals surface area contributed by atoms with Gasteiger partial charge in [0, 0.05) is 35.7 Å². The standard InChI is InChI=1S/C29H36O7/c1-17-20-8-9-21(19-11-13-34-16-19)29(20,6)24(35-18(2)30)14-22(17)28(5)12-10-25(31)36-27(3,4)23(28)15-26(32)33-7/h8,10-13,16,21-24H,1,9,14-15H2,2-7H3/t21-,22-,23-,24-,28+,29+/m0/s1. The predicted octanol–water partition coefficient (Wildman–Crippen LogP) is 5.28. The van der Waals surface area contributed by atoms with E-state index >= 15 is 0 Å². The highest BCUT2D eigenvalue weighted by Gasteiger charge is 2.60. The summed E-state index contributed by atoms with van der Waals surface area (Å²) >= 11 is 0. The minimum absolute atomic E-state index is 0.0631. The molecule has 1 aromatic heterocycles. The number of hydrogen-bond acceptors (Lipinski definition) is 7. The van der Waals surface area contributed by atoms with Gasteiger partial charge in [0.2, 0.25) is 0 Å². The Bertz CT molecular complexity index is 1120. The molecule has 0 aromatic carbocycles. The van der Waals surface area contributed by atoms with Gasteiger partial charge in [0.05, 0.1) is 26.1 Å². The Kier molecular flexibility index (Phi) is 6.56. The van der Waals surface area contributed by atoms with Gasteiger partial charge in [-0.15, -0.1) is 0 Å². The number of rotatable bonds is 5. The molecule has 1 fully saturated rings. The van der Waals surface area contributed by atoms with Crippen LogP contribution in [0.3, 0.4) is 0 Å². The van der Waals surface area contributed by atoms with Crippen LogP contribution in [0, 0.1) is 22.7 Å². The van der Waals surface area contributed by atoms with Gasteiger partial charge < -0.3 is 18.6 Å². The van der Waals surface area contributed by atoms with Crippen LogP contribution in [0.5, 0.6) is 0 Å². The van der Waals surface area contributed by atoms with E-state index in [1.807, 2.05) is 32.9 Å². The van der Waals surface area contributed by atoms with Gasteiger partial charge in [0.25, 0.3) is 0 Å². The lowest BCUT2D eigenvalue weighted by Crippen LogP contribution is -2.53. The maximum atomic E-state index is 12.5. The molecule has 1 aromatic rings. The van der Waals surface area contributed by atoms with Crippen LogP contribution in [0.4, 0.5) is 0 Å². The Morgan fingerprint density at radius 3 is 2.53 bits per heavy atom. The number of hydrogen-bond donors (Lipinski definition) is 0. The van der Waals surface area contributed by atoms with E-state index < -0.39 is 34.4 Å². The summed E-state index contributed by atoms with van der Waals surface area (Å²) in [5.41, 5.74) is 0.876. The van der Waals surface area contributed by atoms with Crippen molar-refractivity contribution in [3.05, 3.63) is 60.1 Å². The topological polar surface area (TPSA) is 92.0 Å². The van der Waals surface area contributed by atoms with Gasteiger partial charge in [-0.25, -0.2) is 4.79 Å². The number of cyclic esters (lactones) is 1. The molecular formula is C29H36O7. The first-order chi connectivity index (χ1) is 16.8. The zero-order valence-corrected chi connectivity index (χ0v) is 22.0. The van der Waals surface area contributed by atoms with Crippen LogP contribution in [0.1, 0.15) is 65.4 Å². The lowest BCUT2D eigenvalue weighted by Gasteiger charge is -2.54. The maximum absolute atomic E-state index is 12.5. The fourth-order valence-corrected chi connectivity index (χ4v) is 7.06. The second-order valence-electron chi connectivity index (χ2n) is 11.2. The number of allylic oxidation sites excluding steroid dienone is 3. The first kappa shape index (κ1) is 26.0. The van der Waals surface area contributed by atoms with Crippen molar-refractivity contribution < 1.29 is 33.0 Å². The normalized spacial score (nSPS) is 35.3. The minimum Gasteiger partial charge on any atom is -0.472 e. The largest absolute Gasteiger partial charge is 0.472 e. The van der Waals surface area contributed by atoms with Crippen LogP contribution in [-0.4, -0.2) is 36.7 Å². The van der Waals surface area contributed by atoms with E-state index in [1.165, 1.54) is 20.1 Å². The average Bonchev–Trinajstić information content (AvgIpc) is 3.43. The van der Waals surface area contributed by atoms with E-state index in [4.69, 9.17) is 18.6 Å². The highest BCUT2D eigenvalue weighted by Crippen LogP contribution is 2.64. The fourth-order valence-electron chi connectivity index (χ4n) is 7.06. The number of esters is 3. The van der Waals surface area contributed by atoms with Crippen molar-refractivity contribution >= 4 is 17.9 Å². The van der Waals surface area contributed by atoms with Gasteiger partial charge in [-0.05, 0) is 55.4 Å². The molecule has 0 amide bonds. The summed E-state index contributed by atoms with van der Waals surface area (Å²) in [5.74, 6) is -1.75. The van der Waals surface area contributed by atoms with Gasteiger partial charge in [0.1, 0.15) is 11.7 Å². The molecule has 6 atom stereocenters. The predicted molar refractivity (Wildman–Crippen MR) is 133 cm³/mol. The van der Waals surface area contributed by atoms with Gasteiger partial charge in [0.15, 0.2) is 0 Å². The summed E-state index contributed by atoms with van der Waals surface area (Å²) in [7, 11) is 1.35. The smallest absolute Gasteiger partial charge is 0.330 e. The zero-order valence-electron chi connectivity index (χ0n) is 22.0. The lowest BCUT2D eigenvalue weighted by atomic mass is 9.51. The summed E-state index contributed by atoms with van der Waals surface area (Å²) in [6.45, 7) is 13.8. The molecule has 4 rings (SSSR count). The van der Waals surface area contributed by atoms with Crippen molar-refractivity contribution in [2.24, 2.45) is 22.7 Å². The van der Waals surface area contributed by atoms with Crippen molar-refractivity contribution in [3.8, 4) is 0 Å². The molecule has 0 unspecified atom stereocenters. The summed E-state index contributed by atoms with van der Waals surface area (Å²) in [6, 6.07) is 1.96. The first-order valence-electron chi connectivity index (χ1n) is 12.4. The summed E-state index contributed by atoms with van der Waals surface area (Å²) in [5, 5.41) is 0. The van der Waals surface area contributed by atoms with E-state index in [2.05, 4.69) is 19.6 Å². The molecular weight excluding hydrogens is 460 g/mol. The van der Waals surface area contributed by atoms with E-state index in [9.17, 15) is 14.4 Å². The number of carbonyl (C=O) groups excluding carboxylic acids is 3. The van der Waals surface area contributed by atoms with Crippen LogP contribution >= 0.6 is 0 Å². The molecule has 1 saturated carbocycles. The third kappa shape index (κ3) is 4.12. The Labute approximate surface area is 212 Å². The number of furan rings is 1. The van der Waals surface area contributed by atoms with Crippen molar-refractivity contribution in [3.63, 3.8) is 0 Å². The van der Waals surface area contributed by atoms with Crippen LogP contribution in [-0.2, 0) is 28.6 Å². The van der Waals surface area contributed by atoms with Crippen LogP contribution in [0.15, 0.2) is 59.0 Å². The highest BCUT2D eigenvalue weighted by atomic mass is 16.6. The van der Waals surface area contributed by atoms with E-state index in [0.29, 0.717) is 6.42 Å². The Morgan fingerprint density at radius 1 is 1.19 bits per heavy atom. The molecule has 7 nitrogen and oxygen atoms in total. The quantitative estimate of drug-likeness (QED) is 0.404. The molecule has 0 N–H and O–H groups in total. The summed E-state index contributed by atoms with van der Waals surface area (Å²) in [4.78, 5) is 37.4. The molecule has 0 bridgehead atoms. The number of fused-ring (bicyclic) bond motifs is 1. The Hall–Kier alpha value is -3.09. The lowest BCUT2D eigenvalue weighted by molar-refractivity contribution is -0.167. The third-order valence-electron chi connectivity index (χ3n) is 8.88. The second kappa shape index (κ2) is 9.09. The van der Waals surface area contributed by atoms with E-state index in [-0.39, 0.29) is 30.2 Å². The van der Waals surface area contributed by atoms with Crippen LogP contribution in [0.2, 0.25) is 0 Å². The minimum atomic E-state index is -0.954. The van der Waals surface area contributed by atoms with E-state index in [0.717, 1.165) is 23.1 Å². The number of ether oxygens (including phenoxy) is 3. The summed E-state index contributed by atoms with van der Waals surface area (Å²) < 4.78 is 22.2. The molecule has 36 heavy (non-hydrogen) atoms. The molecule has 3 aliphatic rings. The van der Waals surface area contributed by atoms with Gasteiger partial charge in [-0.1, -0.05) is 32.6 Å². The summed E-state index contributed by atoms with van der Waals surface area (Å²) in [6.07, 6.45) is 9.77. The second-order valence-corrected chi connectivity index (χ2v) is 11.2. The third-order valence-corrected chi connectivity index (χ3v) is 8.88. The Balaban J connectivity index is 1.82. The molecule has 0 saturated heterocycles. The first-order valence-corrected chi connectivity index (χ1v) is 12.4. The van der Waals surface area contributed by atoms with Gasteiger partial charge >= 0.3 is 17.9 Å². The highest BCUT2D eigenvalue weighted by molar-refractivity contribution is 5.83. The Morgan fingerprint density at radius 2 is 1.92 bits per heavy atom. The van der Waals surface area contributed by atoms with Crippen molar-refractivity contribution in [1.82, 2.24) is 0 Å². The fraction of sp³-hybridized carbons (Fsp3) is 0.552. The molecule has 0 spiro atoms. The average molecular weight is 497 g/mol. The van der Waals surface area contributed by atoms with E-state index in [1.54, 1.807) is 12.5 Å². The molecule has 2 heterocycles. The van der Waals surface area contributed by atoms with Crippen LogP contribution < -0.4 is 0 Å². The van der Waals surface area contributed by atoms with Crippen molar-refractivity contribution in [2.45, 2.75) is 71.5 Å². The zero-order chi connectivity index (χ0) is 26.5.